The Morgan fingerprint density at radius 1 is 1.19 bits per heavy atom. The lowest BCUT2D eigenvalue weighted by molar-refractivity contribution is -0.121. The van der Waals surface area contributed by atoms with Gasteiger partial charge in [0, 0.05) is 36.5 Å². The van der Waals surface area contributed by atoms with Gasteiger partial charge in [0.2, 0.25) is 11.8 Å². The van der Waals surface area contributed by atoms with E-state index in [1.165, 1.54) is 13.0 Å². The first-order valence-electron chi connectivity index (χ1n) is 6.94. The molecular formula is C15H20BrFN2O2. The lowest BCUT2D eigenvalue weighted by atomic mass is 10.1. The molecule has 0 aromatic heterocycles. The molecule has 0 aliphatic carbocycles. The van der Waals surface area contributed by atoms with E-state index < -0.39 is 0 Å². The zero-order valence-electron chi connectivity index (χ0n) is 12.0. The monoisotopic (exact) mass is 358 g/mol. The fourth-order valence-electron chi connectivity index (χ4n) is 1.80. The number of carbonyl (C=O) groups is 2. The van der Waals surface area contributed by atoms with Crippen molar-refractivity contribution in [2.45, 2.75) is 39.2 Å². The number of nitrogens with one attached hydrogen (secondary N) is 2. The number of benzene rings is 1. The van der Waals surface area contributed by atoms with E-state index in [0.29, 0.717) is 23.0 Å². The summed E-state index contributed by atoms with van der Waals surface area (Å²) in [5.74, 6) is -0.457. The van der Waals surface area contributed by atoms with E-state index in [0.717, 1.165) is 19.3 Å². The van der Waals surface area contributed by atoms with Gasteiger partial charge in [-0.3, -0.25) is 9.59 Å². The molecule has 0 saturated heterocycles. The van der Waals surface area contributed by atoms with Crippen molar-refractivity contribution in [3.63, 3.8) is 0 Å². The molecule has 0 atom stereocenters. The molecule has 116 valence electrons. The second-order valence-electron chi connectivity index (χ2n) is 4.81. The Bertz CT molecular complexity index is 495. The van der Waals surface area contributed by atoms with E-state index in [1.807, 2.05) is 0 Å². The van der Waals surface area contributed by atoms with Gasteiger partial charge in [-0.25, -0.2) is 4.39 Å². The average Bonchev–Trinajstić information content (AvgIpc) is 2.41. The molecule has 1 aromatic rings. The first-order valence-corrected chi connectivity index (χ1v) is 7.73. The second kappa shape index (κ2) is 9.50. The predicted molar refractivity (Wildman–Crippen MR) is 83.1 cm³/mol. The van der Waals surface area contributed by atoms with Gasteiger partial charge in [0.25, 0.3) is 0 Å². The summed E-state index contributed by atoms with van der Waals surface area (Å²) in [5.41, 5.74) is 0.470. The first-order chi connectivity index (χ1) is 9.99. The summed E-state index contributed by atoms with van der Waals surface area (Å²) in [5, 5.41) is 5.41. The molecule has 0 radical (unpaired) electrons. The van der Waals surface area contributed by atoms with Crippen molar-refractivity contribution in [3.8, 4) is 0 Å². The highest BCUT2D eigenvalue weighted by atomic mass is 79.9. The van der Waals surface area contributed by atoms with E-state index in [9.17, 15) is 14.0 Å². The summed E-state index contributed by atoms with van der Waals surface area (Å²) >= 11 is 3.19. The van der Waals surface area contributed by atoms with Crippen LogP contribution in [0.4, 0.5) is 4.39 Å². The van der Waals surface area contributed by atoms with Gasteiger partial charge in [-0.1, -0.05) is 28.4 Å². The predicted octanol–water partition coefficient (Wildman–Crippen LogP) is 2.90. The summed E-state index contributed by atoms with van der Waals surface area (Å²) in [6.45, 7) is 2.32. The maximum absolute atomic E-state index is 13.5. The highest BCUT2D eigenvalue weighted by Crippen LogP contribution is 2.15. The second-order valence-corrected chi connectivity index (χ2v) is 5.72. The van der Waals surface area contributed by atoms with Crippen molar-refractivity contribution in [3.05, 3.63) is 34.1 Å². The van der Waals surface area contributed by atoms with E-state index in [2.05, 4.69) is 26.6 Å². The van der Waals surface area contributed by atoms with E-state index in [4.69, 9.17) is 0 Å². The highest BCUT2D eigenvalue weighted by molar-refractivity contribution is 9.10. The van der Waals surface area contributed by atoms with Crippen molar-refractivity contribution >= 4 is 27.7 Å². The fourth-order valence-corrected chi connectivity index (χ4v) is 2.13. The number of carbonyl (C=O) groups excluding carboxylic acids is 2. The Kier molecular flexibility index (Phi) is 7.97. The number of amides is 2. The highest BCUT2D eigenvalue weighted by Gasteiger charge is 2.05. The minimum absolute atomic E-state index is 0.0377. The summed E-state index contributed by atoms with van der Waals surface area (Å²) in [7, 11) is 0. The molecule has 4 nitrogen and oxygen atoms in total. The quantitative estimate of drug-likeness (QED) is 0.702. The molecular weight excluding hydrogens is 339 g/mol. The lowest BCUT2D eigenvalue weighted by Crippen LogP contribution is -2.23. The summed E-state index contributed by atoms with van der Waals surface area (Å²) in [6, 6.07) is 4.77. The Labute approximate surface area is 132 Å². The molecule has 0 fully saturated rings. The van der Waals surface area contributed by atoms with Gasteiger partial charge in [0.1, 0.15) is 5.82 Å². The van der Waals surface area contributed by atoms with Crippen LogP contribution in [0, 0.1) is 5.82 Å². The fraction of sp³-hybridized carbons (Fsp3) is 0.467. The Balaban J connectivity index is 2.15. The van der Waals surface area contributed by atoms with Crippen molar-refractivity contribution < 1.29 is 14.0 Å². The number of halogens is 2. The Hall–Kier alpha value is -1.43. The zero-order valence-corrected chi connectivity index (χ0v) is 13.6. The molecule has 0 bridgehead atoms. The maximum Gasteiger partial charge on any atom is 0.220 e. The van der Waals surface area contributed by atoms with Crippen LogP contribution in [0.5, 0.6) is 0 Å². The van der Waals surface area contributed by atoms with Gasteiger partial charge in [-0.05, 0) is 25.0 Å². The summed E-state index contributed by atoms with van der Waals surface area (Å²) in [4.78, 5) is 22.3. The molecule has 21 heavy (non-hydrogen) atoms. The number of hydrogen-bond acceptors (Lipinski definition) is 2. The standard InChI is InChI=1S/C15H20BrFN2O2/c1-11(20)18-8-4-2-3-5-15(21)19-10-12-6-7-13(16)9-14(12)17/h6-7,9H,2-5,8,10H2,1H3,(H,18,20)(H,19,21). The van der Waals surface area contributed by atoms with E-state index in [1.54, 1.807) is 12.1 Å². The van der Waals surface area contributed by atoms with Crippen LogP contribution in [-0.4, -0.2) is 18.4 Å². The van der Waals surface area contributed by atoms with Crippen LogP contribution < -0.4 is 10.6 Å². The Morgan fingerprint density at radius 3 is 2.62 bits per heavy atom. The Morgan fingerprint density at radius 2 is 1.95 bits per heavy atom. The molecule has 6 heteroatoms. The van der Waals surface area contributed by atoms with Gasteiger partial charge >= 0.3 is 0 Å². The van der Waals surface area contributed by atoms with E-state index >= 15 is 0 Å². The third-order valence-electron chi connectivity index (χ3n) is 2.95. The minimum Gasteiger partial charge on any atom is -0.356 e. The van der Waals surface area contributed by atoms with Crippen LogP contribution in [0.15, 0.2) is 22.7 Å². The molecule has 0 aliphatic heterocycles. The van der Waals surface area contributed by atoms with Gasteiger partial charge < -0.3 is 10.6 Å². The van der Waals surface area contributed by atoms with Crippen molar-refractivity contribution in [1.82, 2.24) is 10.6 Å². The lowest BCUT2D eigenvalue weighted by Gasteiger charge is -2.07. The van der Waals surface area contributed by atoms with Crippen LogP contribution in [0.2, 0.25) is 0 Å². The summed E-state index contributed by atoms with van der Waals surface area (Å²) < 4.78 is 14.2. The third-order valence-corrected chi connectivity index (χ3v) is 3.44. The average molecular weight is 359 g/mol. The van der Waals surface area contributed by atoms with Crippen molar-refractivity contribution in [2.24, 2.45) is 0 Å². The van der Waals surface area contributed by atoms with Gasteiger partial charge in [0.15, 0.2) is 0 Å². The molecule has 1 rings (SSSR count). The zero-order chi connectivity index (χ0) is 15.7. The molecule has 2 N–H and O–H groups in total. The number of rotatable bonds is 8. The van der Waals surface area contributed by atoms with Crippen LogP contribution in [0.1, 0.15) is 38.2 Å². The number of hydrogen-bond donors (Lipinski definition) is 2. The van der Waals surface area contributed by atoms with Crippen molar-refractivity contribution in [2.75, 3.05) is 6.54 Å². The van der Waals surface area contributed by atoms with Crippen LogP contribution >= 0.6 is 15.9 Å². The maximum atomic E-state index is 13.5. The van der Waals surface area contributed by atoms with Crippen molar-refractivity contribution in [1.29, 1.82) is 0 Å². The smallest absolute Gasteiger partial charge is 0.220 e. The molecule has 1 aromatic carbocycles. The molecule has 0 aliphatic rings. The molecule has 0 saturated carbocycles. The van der Waals surface area contributed by atoms with Gasteiger partial charge in [-0.15, -0.1) is 0 Å². The van der Waals surface area contributed by atoms with Gasteiger partial charge in [-0.2, -0.15) is 0 Å². The first kappa shape index (κ1) is 17.6. The number of unbranched alkanes of at least 4 members (excludes halogenated alkanes) is 2. The molecule has 0 spiro atoms. The van der Waals surface area contributed by atoms with Crippen LogP contribution in [-0.2, 0) is 16.1 Å². The minimum atomic E-state index is -0.333. The van der Waals surface area contributed by atoms with Crippen LogP contribution in [0.25, 0.3) is 0 Å². The third kappa shape index (κ3) is 7.80. The SMILES string of the molecule is CC(=O)NCCCCCC(=O)NCc1ccc(Br)cc1F. The molecule has 0 heterocycles. The summed E-state index contributed by atoms with van der Waals surface area (Å²) in [6.07, 6.45) is 2.90. The normalized spacial score (nSPS) is 10.2. The van der Waals surface area contributed by atoms with Crippen LogP contribution in [0.3, 0.4) is 0 Å². The van der Waals surface area contributed by atoms with Gasteiger partial charge in [0.05, 0.1) is 0 Å². The molecule has 2 amide bonds. The van der Waals surface area contributed by atoms with E-state index in [-0.39, 0.29) is 24.2 Å². The largest absolute Gasteiger partial charge is 0.356 e. The molecule has 0 unspecified atom stereocenters. The topological polar surface area (TPSA) is 58.2 Å².